The summed E-state index contributed by atoms with van der Waals surface area (Å²) in [5, 5.41) is 1.64. The van der Waals surface area contributed by atoms with Gasteiger partial charge in [-0.25, -0.2) is 4.98 Å². The van der Waals surface area contributed by atoms with Crippen LogP contribution in [0.3, 0.4) is 0 Å². The smallest absolute Gasteiger partial charge is 0.258 e. The van der Waals surface area contributed by atoms with Crippen LogP contribution in [0, 0.1) is 0 Å². The van der Waals surface area contributed by atoms with Crippen molar-refractivity contribution in [1.82, 2.24) is 15.0 Å². The zero-order valence-electron chi connectivity index (χ0n) is 12.1. The summed E-state index contributed by atoms with van der Waals surface area (Å²) in [5.74, 6) is -0.400. The first kappa shape index (κ1) is 14.5. The Bertz CT molecular complexity index is 1030. The Morgan fingerprint density at radius 2 is 1.83 bits per heavy atom. The maximum absolute atomic E-state index is 11.1. The number of nitrogens with two attached hydrogens (primary N) is 1. The van der Waals surface area contributed by atoms with E-state index in [1.54, 1.807) is 18.3 Å². The van der Waals surface area contributed by atoms with Crippen molar-refractivity contribution in [2.45, 2.75) is 0 Å². The number of carbonyl (C=O) groups is 1. The fraction of sp³-hybridized carbons (Fsp3) is 0. The lowest BCUT2D eigenvalue weighted by atomic mass is 10.1. The van der Waals surface area contributed by atoms with Gasteiger partial charge in [-0.1, -0.05) is 24.3 Å². The molecule has 0 spiro atoms. The van der Waals surface area contributed by atoms with E-state index in [0.29, 0.717) is 10.9 Å². The maximum atomic E-state index is 11.1. The van der Waals surface area contributed by atoms with Gasteiger partial charge in [-0.15, -0.1) is 0 Å². The number of aromatic amines is 2. The van der Waals surface area contributed by atoms with Crippen molar-refractivity contribution in [1.29, 1.82) is 0 Å². The first-order valence-electron chi connectivity index (χ1n) is 6.95. The highest BCUT2D eigenvalue weighted by Gasteiger charge is 2.05. The first-order valence-corrected chi connectivity index (χ1v) is 6.95. The van der Waals surface area contributed by atoms with Gasteiger partial charge in [0.15, 0.2) is 0 Å². The molecule has 2 aromatic carbocycles. The van der Waals surface area contributed by atoms with Gasteiger partial charge < -0.3 is 15.7 Å². The van der Waals surface area contributed by atoms with Crippen LogP contribution in [0.5, 0.6) is 0 Å². The SMILES string of the molecule is NC(=O)c1cccc2cc[nH]c12.O=c1[nH]cnc2ccccc12. The second-order valence-electron chi connectivity index (χ2n) is 4.86. The Hall–Kier alpha value is -3.41. The molecule has 0 saturated heterocycles. The minimum Gasteiger partial charge on any atom is -0.366 e. The largest absolute Gasteiger partial charge is 0.366 e. The summed E-state index contributed by atoms with van der Waals surface area (Å²) in [6, 6.07) is 14.6. The number of benzene rings is 2. The van der Waals surface area contributed by atoms with Gasteiger partial charge in [0.1, 0.15) is 0 Å². The number of primary amides is 1. The molecule has 6 nitrogen and oxygen atoms in total. The third kappa shape index (κ3) is 2.96. The molecule has 0 atom stereocenters. The lowest BCUT2D eigenvalue weighted by Crippen LogP contribution is -2.11. The predicted molar refractivity (Wildman–Crippen MR) is 89.2 cm³/mol. The minimum absolute atomic E-state index is 0.0874. The van der Waals surface area contributed by atoms with Crippen LogP contribution < -0.4 is 11.3 Å². The summed E-state index contributed by atoms with van der Waals surface area (Å²) in [7, 11) is 0. The van der Waals surface area contributed by atoms with E-state index >= 15 is 0 Å². The molecule has 0 fully saturated rings. The van der Waals surface area contributed by atoms with Gasteiger partial charge in [-0.3, -0.25) is 9.59 Å². The van der Waals surface area contributed by atoms with Crippen LogP contribution in [-0.2, 0) is 0 Å². The van der Waals surface area contributed by atoms with E-state index < -0.39 is 5.91 Å². The van der Waals surface area contributed by atoms with Crippen molar-refractivity contribution in [3.8, 4) is 0 Å². The molecular weight excluding hydrogens is 292 g/mol. The number of para-hydroxylation sites is 2. The highest BCUT2D eigenvalue weighted by Crippen LogP contribution is 2.15. The number of rotatable bonds is 1. The second-order valence-corrected chi connectivity index (χ2v) is 4.86. The second kappa shape index (κ2) is 6.15. The molecular formula is C17H14N4O2. The fourth-order valence-corrected chi connectivity index (χ4v) is 2.31. The van der Waals surface area contributed by atoms with Crippen molar-refractivity contribution in [2.75, 3.05) is 0 Å². The van der Waals surface area contributed by atoms with Crippen LogP contribution >= 0.6 is 0 Å². The zero-order chi connectivity index (χ0) is 16.2. The number of carbonyl (C=O) groups excluding carboxylic acids is 1. The normalized spacial score (nSPS) is 10.3. The van der Waals surface area contributed by atoms with Crippen molar-refractivity contribution in [2.24, 2.45) is 5.73 Å². The van der Waals surface area contributed by atoms with Gasteiger partial charge in [-0.2, -0.15) is 0 Å². The highest BCUT2D eigenvalue weighted by atomic mass is 16.1. The summed E-state index contributed by atoms with van der Waals surface area (Å²) in [5.41, 5.74) is 7.17. The summed E-state index contributed by atoms with van der Waals surface area (Å²) < 4.78 is 0. The van der Waals surface area contributed by atoms with Crippen LogP contribution in [0.2, 0.25) is 0 Å². The van der Waals surface area contributed by atoms with Crippen LogP contribution in [-0.4, -0.2) is 20.9 Å². The molecule has 4 rings (SSSR count). The Balaban J connectivity index is 0.000000136. The van der Waals surface area contributed by atoms with E-state index in [1.807, 2.05) is 36.4 Å². The van der Waals surface area contributed by atoms with Gasteiger partial charge in [0.05, 0.1) is 28.3 Å². The van der Waals surface area contributed by atoms with E-state index in [4.69, 9.17) is 5.73 Å². The first-order chi connectivity index (χ1) is 11.2. The Kier molecular flexibility index (Phi) is 3.88. The Morgan fingerprint density at radius 3 is 2.61 bits per heavy atom. The van der Waals surface area contributed by atoms with Crippen LogP contribution in [0.15, 0.2) is 65.8 Å². The number of nitrogens with one attached hydrogen (secondary N) is 2. The molecule has 0 aliphatic rings. The lowest BCUT2D eigenvalue weighted by Gasteiger charge is -1.96. The Morgan fingerprint density at radius 1 is 1.00 bits per heavy atom. The van der Waals surface area contributed by atoms with Crippen molar-refractivity contribution >= 4 is 27.7 Å². The minimum atomic E-state index is -0.400. The van der Waals surface area contributed by atoms with E-state index in [9.17, 15) is 9.59 Å². The Labute approximate surface area is 131 Å². The average molecular weight is 306 g/mol. The lowest BCUT2D eigenvalue weighted by molar-refractivity contribution is 0.100. The van der Waals surface area contributed by atoms with Gasteiger partial charge in [0.2, 0.25) is 0 Å². The van der Waals surface area contributed by atoms with E-state index in [2.05, 4.69) is 15.0 Å². The summed E-state index contributed by atoms with van der Waals surface area (Å²) in [6.45, 7) is 0. The van der Waals surface area contributed by atoms with Gasteiger partial charge in [-0.05, 0) is 24.3 Å². The number of hydrogen-bond acceptors (Lipinski definition) is 3. The van der Waals surface area contributed by atoms with Crippen LogP contribution in [0.25, 0.3) is 21.8 Å². The van der Waals surface area contributed by atoms with Gasteiger partial charge in [0, 0.05) is 11.6 Å². The maximum Gasteiger partial charge on any atom is 0.258 e. The molecule has 114 valence electrons. The quantitative estimate of drug-likeness (QED) is 0.502. The molecule has 0 saturated carbocycles. The number of nitrogens with zero attached hydrogens (tertiary/aromatic N) is 1. The molecule has 0 bridgehead atoms. The molecule has 0 unspecified atom stereocenters. The van der Waals surface area contributed by atoms with Gasteiger partial charge in [0.25, 0.3) is 11.5 Å². The standard InChI is InChI=1S/C9H8N2O.C8H6N2O/c10-9(12)7-3-1-2-6-4-5-11-8(6)7;11-8-6-3-1-2-4-7(6)9-5-10-8/h1-5,11H,(H2,10,12);1-5H,(H,9,10,11). The van der Waals surface area contributed by atoms with Crippen molar-refractivity contribution in [3.63, 3.8) is 0 Å². The van der Waals surface area contributed by atoms with Crippen LogP contribution in [0.1, 0.15) is 10.4 Å². The summed E-state index contributed by atoms with van der Waals surface area (Å²) in [6.07, 6.45) is 3.20. The van der Waals surface area contributed by atoms with E-state index in [0.717, 1.165) is 16.4 Å². The van der Waals surface area contributed by atoms with Gasteiger partial charge >= 0.3 is 0 Å². The third-order valence-electron chi connectivity index (χ3n) is 3.40. The molecule has 2 heterocycles. The number of H-pyrrole nitrogens is 2. The number of fused-ring (bicyclic) bond motifs is 2. The molecule has 2 aromatic heterocycles. The number of amides is 1. The number of hydrogen-bond donors (Lipinski definition) is 3. The summed E-state index contributed by atoms with van der Waals surface area (Å²) in [4.78, 5) is 31.5. The summed E-state index contributed by atoms with van der Waals surface area (Å²) >= 11 is 0. The predicted octanol–water partition coefficient (Wildman–Crippen LogP) is 2.19. The number of aromatic nitrogens is 3. The molecule has 23 heavy (non-hydrogen) atoms. The molecule has 1 amide bonds. The molecule has 0 aliphatic carbocycles. The van der Waals surface area contributed by atoms with E-state index in [-0.39, 0.29) is 5.56 Å². The molecule has 4 aromatic rings. The molecule has 6 heteroatoms. The zero-order valence-corrected chi connectivity index (χ0v) is 12.1. The molecule has 0 aliphatic heterocycles. The molecule has 0 radical (unpaired) electrons. The van der Waals surface area contributed by atoms with E-state index in [1.165, 1.54) is 6.33 Å². The average Bonchev–Trinajstić information content (AvgIpc) is 3.04. The van der Waals surface area contributed by atoms with Crippen molar-refractivity contribution in [3.05, 3.63) is 77.0 Å². The molecule has 4 N–H and O–H groups in total. The monoisotopic (exact) mass is 306 g/mol. The van der Waals surface area contributed by atoms with Crippen molar-refractivity contribution < 1.29 is 4.79 Å². The fourth-order valence-electron chi connectivity index (χ4n) is 2.31. The van der Waals surface area contributed by atoms with Crippen LogP contribution in [0.4, 0.5) is 0 Å². The topological polar surface area (TPSA) is 105 Å². The highest BCUT2D eigenvalue weighted by molar-refractivity contribution is 6.04. The third-order valence-corrected chi connectivity index (χ3v) is 3.40.